The minimum absolute atomic E-state index is 0.106. The van der Waals surface area contributed by atoms with Gasteiger partial charge in [0.2, 0.25) is 0 Å². The Morgan fingerprint density at radius 2 is 1.41 bits per heavy atom. The molecule has 0 spiro atoms. The van der Waals surface area contributed by atoms with Crippen molar-refractivity contribution in [2.45, 2.75) is 19.8 Å². The molecule has 3 aromatic carbocycles. The van der Waals surface area contributed by atoms with Crippen LogP contribution in [0.5, 0.6) is 5.75 Å². The van der Waals surface area contributed by atoms with E-state index in [2.05, 4.69) is 4.98 Å². The average molecular weight is 363 g/mol. The summed E-state index contributed by atoms with van der Waals surface area (Å²) in [5.41, 5.74) is 2.23. The number of methoxy groups -OCH3 is 1. The fourth-order valence-corrected chi connectivity index (χ4v) is 3.41. The Morgan fingerprint density at radius 3 is 2.07 bits per heavy atom. The second kappa shape index (κ2) is 6.31. The second-order valence-corrected chi connectivity index (χ2v) is 6.83. The van der Waals surface area contributed by atoms with Gasteiger partial charge in [0.1, 0.15) is 11.4 Å². The smallest absolute Gasteiger partial charge is 0.315 e. The number of rotatable bonds is 3. The minimum atomic E-state index is -3.22. The molecule has 0 unspecified atom stereocenters. The normalized spacial score (nSPS) is 11.9. The molecule has 0 N–H and O–H groups in total. The lowest BCUT2D eigenvalue weighted by Crippen LogP contribution is -2.18. The number of pyridine rings is 1. The van der Waals surface area contributed by atoms with E-state index in [1.807, 2.05) is 38.1 Å². The molecule has 2 nitrogen and oxygen atoms in total. The minimum Gasteiger partial charge on any atom is -0.497 e. The molecular weight excluding hydrogens is 344 g/mol. The SMILES string of the molecule is COc1ccc(C(F)(F)c2nc3ccc(C)cc3c3ccc(C)cc23)cc1. The average Bonchev–Trinajstić information content (AvgIpc) is 2.67. The van der Waals surface area contributed by atoms with Crippen molar-refractivity contribution in [2.75, 3.05) is 7.11 Å². The number of nitrogens with zero attached hydrogens (tertiary/aromatic N) is 1. The van der Waals surface area contributed by atoms with E-state index >= 15 is 8.78 Å². The molecule has 0 atom stereocenters. The molecule has 4 heteroatoms. The van der Waals surface area contributed by atoms with Crippen molar-refractivity contribution in [3.8, 4) is 5.75 Å². The third kappa shape index (κ3) is 2.91. The molecule has 0 saturated heterocycles. The second-order valence-electron chi connectivity index (χ2n) is 6.83. The van der Waals surface area contributed by atoms with E-state index in [1.165, 1.54) is 19.2 Å². The highest BCUT2D eigenvalue weighted by atomic mass is 19.3. The summed E-state index contributed by atoms with van der Waals surface area (Å²) in [5.74, 6) is -2.69. The zero-order valence-corrected chi connectivity index (χ0v) is 15.4. The summed E-state index contributed by atoms with van der Waals surface area (Å²) in [5, 5.41) is 2.16. The molecule has 0 fully saturated rings. The van der Waals surface area contributed by atoms with Gasteiger partial charge < -0.3 is 4.74 Å². The van der Waals surface area contributed by atoms with Crippen molar-refractivity contribution in [1.82, 2.24) is 4.98 Å². The number of ether oxygens (including phenoxy) is 1. The van der Waals surface area contributed by atoms with E-state index in [0.717, 1.165) is 21.9 Å². The van der Waals surface area contributed by atoms with Crippen molar-refractivity contribution in [1.29, 1.82) is 0 Å². The molecule has 0 aliphatic rings. The first kappa shape index (κ1) is 17.4. The molecule has 0 bridgehead atoms. The third-order valence-corrected chi connectivity index (χ3v) is 4.85. The maximum Gasteiger partial charge on any atom is 0.315 e. The highest BCUT2D eigenvalue weighted by Crippen LogP contribution is 2.41. The van der Waals surface area contributed by atoms with E-state index < -0.39 is 5.92 Å². The number of benzene rings is 3. The first-order valence-electron chi connectivity index (χ1n) is 8.73. The monoisotopic (exact) mass is 363 g/mol. The molecule has 0 aliphatic heterocycles. The molecule has 0 saturated carbocycles. The van der Waals surface area contributed by atoms with Gasteiger partial charge >= 0.3 is 5.92 Å². The Bertz CT molecular complexity index is 1150. The van der Waals surface area contributed by atoms with Crippen LogP contribution in [0.1, 0.15) is 22.4 Å². The third-order valence-electron chi connectivity index (χ3n) is 4.85. The van der Waals surface area contributed by atoms with Gasteiger partial charge in [-0.3, -0.25) is 0 Å². The molecular formula is C23H19F2NO. The topological polar surface area (TPSA) is 22.1 Å². The Morgan fingerprint density at radius 1 is 0.778 bits per heavy atom. The Balaban J connectivity index is 2.03. The molecule has 4 rings (SSSR count). The highest BCUT2D eigenvalue weighted by Gasteiger charge is 2.38. The molecule has 0 amide bonds. The summed E-state index contributed by atoms with van der Waals surface area (Å²) in [6, 6.07) is 17.2. The number of hydrogen-bond acceptors (Lipinski definition) is 2. The van der Waals surface area contributed by atoms with Crippen LogP contribution in [0.15, 0.2) is 60.7 Å². The standard InChI is InChI=1S/C23H19F2NO/c1-14-4-10-18-19-12-15(2)5-11-21(19)26-22(20(18)13-14)23(24,25)16-6-8-17(27-3)9-7-16/h4-13H,1-3H3. The number of aryl methyl sites for hydroxylation is 2. The molecule has 27 heavy (non-hydrogen) atoms. The Kier molecular flexibility index (Phi) is 4.06. The number of alkyl halides is 2. The lowest BCUT2D eigenvalue weighted by atomic mass is 9.95. The first-order valence-corrected chi connectivity index (χ1v) is 8.73. The number of aromatic nitrogens is 1. The molecule has 1 heterocycles. The Hall–Kier alpha value is -3.01. The van der Waals surface area contributed by atoms with Gasteiger partial charge in [0, 0.05) is 16.3 Å². The van der Waals surface area contributed by atoms with Gasteiger partial charge in [-0.1, -0.05) is 29.3 Å². The van der Waals surface area contributed by atoms with E-state index in [4.69, 9.17) is 4.74 Å². The zero-order chi connectivity index (χ0) is 19.2. The van der Waals surface area contributed by atoms with Gasteiger partial charge in [0.15, 0.2) is 0 Å². The van der Waals surface area contributed by atoms with Crippen molar-refractivity contribution < 1.29 is 13.5 Å². The van der Waals surface area contributed by atoms with E-state index in [0.29, 0.717) is 16.7 Å². The van der Waals surface area contributed by atoms with Gasteiger partial charge in [0.05, 0.1) is 12.6 Å². The lowest BCUT2D eigenvalue weighted by molar-refractivity contribution is 0.0401. The maximum absolute atomic E-state index is 15.5. The summed E-state index contributed by atoms with van der Waals surface area (Å²) in [6.45, 7) is 3.88. The largest absolute Gasteiger partial charge is 0.497 e. The quantitative estimate of drug-likeness (QED) is 0.407. The van der Waals surface area contributed by atoms with Gasteiger partial charge in [-0.05, 0) is 61.7 Å². The molecule has 136 valence electrons. The van der Waals surface area contributed by atoms with E-state index in [9.17, 15) is 0 Å². The van der Waals surface area contributed by atoms with Crippen molar-refractivity contribution in [3.05, 3.63) is 83.0 Å². The van der Waals surface area contributed by atoms with Crippen LogP contribution < -0.4 is 4.74 Å². The summed E-state index contributed by atoms with van der Waals surface area (Å²) in [4.78, 5) is 4.39. The van der Waals surface area contributed by atoms with Crippen LogP contribution in [0.3, 0.4) is 0 Å². The highest BCUT2D eigenvalue weighted by molar-refractivity contribution is 6.07. The van der Waals surface area contributed by atoms with Gasteiger partial charge in [-0.2, -0.15) is 8.78 Å². The number of fused-ring (bicyclic) bond motifs is 3. The van der Waals surface area contributed by atoms with Gasteiger partial charge in [-0.25, -0.2) is 4.98 Å². The number of halogens is 2. The van der Waals surface area contributed by atoms with Crippen LogP contribution >= 0.6 is 0 Å². The predicted molar refractivity (Wildman–Crippen MR) is 105 cm³/mol. The van der Waals surface area contributed by atoms with Crippen molar-refractivity contribution in [2.24, 2.45) is 0 Å². The van der Waals surface area contributed by atoms with Gasteiger partial charge in [0.25, 0.3) is 0 Å². The predicted octanol–water partition coefficient (Wildman–Crippen LogP) is 6.15. The maximum atomic E-state index is 15.5. The fraction of sp³-hybridized carbons (Fsp3) is 0.174. The zero-order valence-electron chi connectivity index (χ0n) is 15.4. The fourth-order valence-electron chi connectivity index (χ4n) is 3.41. The van der Waals surface area contributed by atoms with Crippen LogP contribution in [0.25, 0.3) is 21.7 Å². The van der Waals surface area contributed by atoms with Crippen LogP contribution in [-0.4, -0.2) is 12.1 Å². The lowest BCUT2D eigenvalue weighted by Gasteiger charge is -2.20. The summed E-state index contributed by atoms with van der Waals surface area (Å²) >= 11 is 0. The van der Waals surface area contributed by atoms with Crippen molar-refractivity contribution >= 4 is 21.7 Å². The Labute approximate surface area is 156 Å². The van der Waals surface area contributed by atoms with E-state index in [-0.39, 0.29) is 11.3 Å². The summed E-state index contributed by atoms with van der Waals surface area (Å²) < 4.78 is 36.1. The summed E-state index contributed by atoms with van der Waals surface area (Å²) in [6.07, 6.45) is 0. The number of hydrogen-bond donors (Lipinski definition) is 0. The molecule has 0 aliphatic carbocycles. The molecule has 0 radical (unpaired) electrons. The van der Waals surface area contributed by atoms with Crippen LogP contribution in [0, 0.1) is 13.8 Å². The summed E-state index contributed by atoms with van der Waals surface area (Å²) in [7, 11) is 1.51. The first-order chi connectivity index (χ1) is 12.9. The molecule has 4 aromatic rings. The van der Waals surface area contributed by atoms with Crippen LogP contribution in [-0.2, 0) is 5.92 Å². The molecule has 1 aromatic heterocycles. The van der Waals surface area contributed by atoms with Crippen LogP contribution in [0.4, 0.5) is 8.78 Å². The van der Waals surface area contributed by atoms with Gasteiger partial charge in [-0.15, -0.1) is 0 Å². The van der Waals surface area contributed by atoms with Crippen LogP contribution in [0.2, 0.25) is 0 Å². The van der Waals surface area contributed by atoms with E-state index in [1.54, 1.807) is 24.3 Å². The van der Waals surface area contributed by atoms with Crippen molar-refractivity contribution in [3.63, 3.8) is 0 Å².